The van der Waals surface area contributed by atoms with Crippen LogP contribution in [0.5, 0.6) is 11.5 Å². The molecule has 3 aliphatic rings. The molecule has 2 aromatic carbocycles. The number of carbonyl (C=O) groups excluding carboxylic acids is 1. The van der Waals surface area contributed by atoms with Crippen molar-refractivity contribution in [1.29, 1.82) is 0 Å². The smallest absolute Gasteiger partial charge is 0.256 e. The first-order valence-electron chi connectivity index (χ1n) is 11.0. The van der Waals surface area contributed by atoms with Gasteiger partial charge in [-0.05, 0) is 48.7 Å². The van der Waals surface area contributed by atoms with Crippen molar-refractivity contribution < 1.29 is 14.6 Å². The van der Waals surface area contributed by atoms with Gasteiger partial charge in [-0.25, -0.2) is 0 Å². The van der Waals surface area contributed by atoms with E-state index in [2.05, 4.69) is 35.5 Å². The van der Waals surface area contributed by atoms with Crippen LogP contribution < -0.4 is 10.1 Å². The van der Waals surface area contributed by atoms with E-state index in [1.54, 1.807) is 19.2 Å². The number of aromatic hydroxyl groups is 1. The van der Waals surface area contributed by atoms with Crippen LogP contribution in [-0.2, 0) is 0 Å². The van der Waals surface area contributed by atoms with Crippen molar-refractivity contribution in [1.82, 2.24) is 9.80 Å². The minimum absolute atomic E-state index is 0.00532. The van der Waals surface area contributed by atoms with Gasteiger partial charge in [0.05, 0.1) is 24.4 Å². The van der Waals surface area contributed by atoms with Crippen LogP contribution >= 0.6 is 0 Å². The first kappa shape index (κ1) is 19.9. The van der Waals surface area contributed by atoms with E-state index in [1.165, 1.54) is 5.56 Å². The highest BCUT2D eigenvalue weighted by Gasteiger charge is 2.40. The van der Waals surface area contributed by atoms with Gasteiger partial charge < -0.3 is 25.0 Å². The van der Waals surface area contributed by atoms with Gasteiger partial charge in [0, 0.05) is 32.1 Å². The molecule has 2 heterocycles. The summed E-state index contributed by atoms with van der Waals surface area (Å²) in [6, 6.07) is 11.7. The fourth-order valence-corrected chi connectivity index (χ4v) is 5.21. The number of nitrogens with one attached hydrogen (secondary N) is 1. The lowest BCUT2D eigenvalue weighted by atomic mass is 9.76. The van der Waals surface area contributed by atoms with Crippen molar-refractivity contribution in [3.63, 3.8) is 0 Å². The Morgan fingerprint density at radius 1 is 1.16 bits per heavy atom. The second kappa shape index (κ2) is 7.93. The van der Waals surface area contributed by atoms with Crippen LogP contribution in [0.2, 0.25) is 0 Å². The van der Waals surface area contributed by atoms with Crippen molar-refractivity contribution in [2.75, 3.05) is 45.7 Å². The third-order valence-electron chi connectivity index (χ3n) is 6.98. The third-order valence-corrected chi connectivity index (χ3v) is 6.98. The van der Waals surface area contributed by atoms with Gasteiger partial charge in [0.1, 0.15) is 0 Å². The molecule has 0 aromatic heterocycles. The van der Waals surface area contributed by atoms with Gasteiger partial charge in [-0.15, -0.1) is 0 Å². The number of rotatable bonds is 3. The van der Waals surface area contributed by atoms with Crippen LogP contribution in [0.4, 0.5) is 5.69 Å². The number of methoxy groups -OCH3 is 1. The molecule has 2 aliphatic heterocycles. The van der Waals surface area contributed by atoms with E-state index in [0.717, 1.165) is 49.4 Å². The molecule has 1 fully saturated rings. The van der Waals surface area contributed by atoms with E-state index in [0.29, 0.717) is 11.7 Å². The summed E-state index contributed by atoms with van der Waals surface area (Å²) in [5.74, 6) is 1.29. The fraction of sp³-hybridized carbons (Fsp3) is 0.400. The number of para-hydroxylation sites is 1. The van der Waals surface area contributed by atoms with Gasteiger partial charge >= 0.3 is 0 Å². The van der Waals surface area contributed by atoms with Crippen LogP contribution in [0.1, 0.15) is 39.9 Å². The number of nitrogens with zero attached hydrogens (tertiary/aromatic N) is 2. The molecule has 0 bridgehead atoms. The molecule has 3 atom stereocenters. The topological polar surface area (TPSA) is 65.0 Å². The lowest BCUT2D eigenvalue weighted by molar-refractivity contribution is 0.0664. The first-order valence-corrected chi connectivity index (χ1v) is 11.0. The summed E-state index contributed by atoms with van der Waals surface area (Å²) in [6.45, 7) is 3.30. The summed E-state index contributed by atoms with van der Waals surface area (Å²) in [5, 5.41) is 14.1. The molecule has 31 heavy (non-hydrogen) atoms. The summed E-state index contributed by atoms with van der Waals surface area (Å²) in [4.78, 5) is 17.7. The molecule has 1 aliphatic carbocycles. The zero-order valence-corrected chi connectivity index (χ0v) is 18.0. The van der Waals surface area contributed by atoms with Gasteiger partial charge in [-0.1, -0.05) is 30.4 Å². The molecule has 2 aromatic rings. The summed E-state index contributed by atoms with van der Waals surface area (Å²) >= 11 is 0. The van der Waals surface area contributed by atoms with Gasteiger partial charge in [-0.2, -0.15) is 0 Å². The monoisotopic (exact) mass is 419 g/mol. The lowest BCUT2D eigenvalue weighted by Gasteiger charge is -2.39. The van der Waals surface area contributed by atoms with Gasteiger partial charge in [0.25, 0.3) is 5.91 Å². The first-order chi connectivity index (χ1) is 15.1. The van der Waals surface area contributed by atoms with Crippen molar-refractivity contribution >= 4 is 11.6 Å². The Kier molecular flexibility index (Phi) is 5.10. The number of benzene rings is 2. The third kappa shape index (κ3) is 3.45. The minimum Gasteiger partial charge on any atom is -0.504 e. The Labute approximate surface area is 183 Å². The van der Waals surface area contributed by atoms with Crippen LogP contribution in [0.15, 0.2) is 48.6 Å². The maximum absolute atomic E-state index is 13.4. The number of allylic oxidation sites excluding steroid dienone is 2. The Hall–Kier alpha value is -2.99. The molecule has 6 nitrogen and oxygen atoms in total. The quantitative estimate of drug-likeness (QED) is 0.744. The highest BCUT2D eigenvalue weighted by molar-refractivity contribution is 6.01. The molecule has 6 heteroatoms. The van der Waals surface area contributed by atoms with E-state index in [-0.39, 0.29) is 23.6 Å². The lowest BCUT2D eigenvalue weighted by Crippen LogP contribution is -2.47. The molecule has 1 saturated heterocycles. The van der Waals surface area contributed by atoms with E-state index < -0.39 is 0 Å². The number of phenolic OH excluding ortho intramolecular Hbond substituents is 1. The zero-order valence-electron chi connectivity index (χ0n) is 18.0. The number of piperazine rings is 1. The Balaban J connectivity index is 1.52. The number of anilines is 1. The molecule has 1 amide bonds. The summed E-state index contributed by atoms with van der Waals surface area (Å²) in [6.07, 6.45) is 5.47. The largest absolute Gasteiger partial charge is 0.504 e. The molecule has 0 saturated carbocycles. The Morgan fingerprint density at radius 3 is 2.71 bits per heavy atom. The Bertz CT molecular complexity index is 1030. The molecular weight excluding hydrogens is 390 g/mol. The summed E-state index contributed by atoms with van der Waals surface area (Å²) < 4.78 is 5.22. The van der Waals surface area contributed by atoms with E-state index in [9.17, 15) is 9.90 Å². The van der Waals surface area contributed by atoms with Gasteiger partial charge in [-0.3, -0.25) is 4.79 Å². The maximum Gasteiger partial charge on any atom is 0.256 e. The number of likely N-dealkylation sites (N-methyl/N-ethyl adjacent to an activating group) is 1. The normalized spacial score (nSPS) is 25.0. The number of ether oxygens (including phenoxy) is 1. The number of phenols is 1. The van der Waals surface area contributed by atoms with Crippen LogP contribution in [0.3, 0.4) is 0 Å². The minimum atomic E-state index is 0.00532. The molecule has 5 rings (SSSR count). The standard InChI is InChI=1S/C25H29N3O3/c1-27-11-13-28(14-12-27)25(30)20-8-4-7-19-17-5-3-6-18(17)23(26-24(19)20)16-9-10-22(31-2)21(29)15-16/h3-5,7-10,15,17-18,23,26,29H,6,11-14H2,1-2H3. The Morgan fingerprint density at radius 2 is 1.97 bits per heavy atom. The molecule has 0 spiro atoms. The number of fused-ring (bicyclic) bond motifs is 3. The molecule has 162 valence electrons. The number of hydrogen-bond donors (Lipinski definition) is 2. The maximum atomic E-state index is 13.4. The molecule has 3 unspecified atom stereocenters. The van der Waals surface area contributed by atoms with E-state index in [4.69, 9.17) is 4.74 Å². The highest BCUT2D eigenvalue weighted by Crippen LogP contribution is 2.51. The van der Waals surface area contributed by atoms with Gasteiger partial charge in [0.15, 0.2) is 11.5 Å². The van der Waals surface area contributed by atoms with Crippen LogP contribution in [0, 0.1) is 5.92 Å². The predicted molar refractivity (Wildman–Crippen MR) is 121 cm³/mol. The fourth-order valence-electron chi connectivity index (χ4n) is 5.21. The predicted octanol–water partition coefficient (Wildman–Crippen LogP) is 3.61. The average Bonchev–Trinajstić information content (AvgIpc) is 3.28. The molecule has 0 radical (unpaired) electrons. The number of carbonyl (C=O) groups is 1. The van der Waals surface area contributed by atoms with Crippen LogP contribution in [0.25, 0.3) is 0 Å². The average molecular weight is 420 g/mol. The van der Waals surface area contributed by atoms with Crippen LogP contribution in [-0.4, -0.2) is 61.2 Å². The number of hydrogen-bond acceptors (Lipinski definition) is 5. The second-order valence-electron chi connectivity index (χ2n) is 8.77. The van der Waals surface area contributed by atoms with E-state index >= 15 is 0 Å². The summed E-state index contributed by atoms with van der Waals surface area (Å²) in [7, 11) is 3.65. The SMILES string of the molecule is COc1ccc(C2Nc3c(C(=O)N4CCN(C)CC4)cccc3C3C=CCC32)cc1O. The van der Waals surface area contributed by atoms with Gasteiger partial charge in [0.2, 0.25) is 0 Å². The van der Waals surface area contributed by atoms with Crippen molar-refractivity contribution in [3.05, 3.63) is 65.2 Å². The van der Waals surface area contributed by atoms with E-state index in [1.807, 2.05) is 23.1 Å². The second-order valence-corrected chi connectivity index (χ2v) is 8.77. The van der Waals surface area contributed by atoms with Crippen molar-refractivity contribution in [3.8, 4) is 11.5 Å². The summed E-state index contributed by atoms with van der Waals surface area (Å²) in [5.41, 5.74) is 3.86. The highest BCUT2D eigenvalue weighted by atomic mass is 16.5. The number of amides is 1. The molecular formula is C25H29N3O3. The zero-order chi connectivity index (χ0) is 21.5. The van der Waals surface area contributed by atoms with Crippen molar-refractivity contribution in [2.24, 2.45) is 5.92 Å². The molecule has 2 N–H and O–H groups in total. The van der Waals surface area contributed by atoms with Crippen molar-refractivity contribution in [2.45, 2.75) is 18.4 Å².